The van der Waals surface area contributed by atoms with Crippen LogP contribution in [0.15, 0.2) is 32.0 Å². The molecule has 0 aliphatic heterocycles. The highest BCUT2D eigenvalue weighted by molar-refractivity contribution is 8.01. The van der Waals surface area contributed by atoms with Gasteiger partial charge in [-0.3, -0.25) is 0 Å². The molecular formula is C21H18N4O3S3. The van der Waals surface area contributed by atoms with Crippen molar-refractivity contribution in [2.75, 3.05) is 27.1 Å². The summed E-state index contributed by atoms with van der Waals surface area (Å²) in [7, 11) is 4.60. The Morgan fingerprint density at radius 3 is 2.32 bits per heavy atom. The van der Waals surface area contributed by atoms with Gasteiger partial charge in [-0.1, -0.05) is 17.7 Å². The minimum absolute atomic E-state index is 0.331. The van der Waals surface area contributed by atoms with Gasteiger partial charge in [0.2, 0.25) is 5.75 Å². The zero-order valence-corrected chi connectivity index (χ0v) is 19.7. The molecule has 1 aromatic carbocycles. The SMILES string of the molecule is C#CCSc1nc(Sc2nc(C)cs2)c(C#N)c(-c2cc(OC)c(OC)c(OC)c2)n1. The van der Waals surface area contributed by atoms with Crippen molar-refractivity contribution in [2.24, 2.45) is 0 Å². The fraction of sp³-hybridized carbons (Fsp3) is 0.238. The van der Waals surface area contributed by atoms with E-state index in [0.29, 0.717) is 50.0 Å². The highest BCUT2D eigenvalue weighted by Gasteiger charge is 2.22. The highest BCUT2D eigenvalue weighted by atomic mass is 32.2. The number of nitrogens with zero attached hydrogens (tertiary/aromatic N) is 4. The van der Waals surface area contributed by atoms with E-state index in [9.17, 15) is 5.26 Å². The van der Waals surface area contributed by atoms with Gasteiger partial charge >= 0.3 is 0 Å². The van der Waals surface area contributed by atoms with Crippen molar-refractivity contribution in [3.8, 4) is 46.9 Å². The number of methoxy groups -OCH3 is 3. The lowest BCUT2D eigenvalue weighted by atomic mass is 10.1. The molecule has 31 heavy (non-hydrogen) atoms. The lowest BCUT2D eigenvalue weighted by Gasteiger charge is -2.15. The predicted molar refractivity (Wildman–Crippen MR) is 122 cm³/mol. The molecule has 0 amide bonds. The summed E-state index contributed by atoms with van der Waals surface area (Å²) in [5.41, 5.74) is 2.32. The summed E-state index contributed by atoms with van der Waals surface area (Å²) in [6, 6.07) is 5.75. The molecular weight excluding hydrogens is 452 g/mol. The maximum Gasteiger partial charge on any atom is 0.203 e. The molecule has 2 aromatic heterocycles. The van der Waals surface area contributed by atoms with Gasteiger partial charge in [-0.15, -0.1) is 17.8 Å². The summed E-state index contributed by atoms with van der Waals surface area (Å²) in [5, 5.41) is 12.9. The van der Waals surface area contributed by atoms with Crippen molar-refractivity contribution in [1.29, 1.82) is 5.26 Å². The third-order valence-corrected chi connectivity index (χ3v) is 6.77. The average molecular weight is 471 g/mol. The van der Waals surface area contributed by atoms with Crippen LogP contribution in [-0.2, 0) is 0 Å². The van der Waals surface area contributed by atoms with Gasteiger partial charge in [0.25, 0.3) is 0 Å². The molecule has 0 spiro atoms. The number of aromatic nitrogens is 3. The maximum atomic E-state index is 9.98. The van der Waals surface area contributed by atoms with Crippen LogP contribution in [0.2, 0.25) is 0 Å². The van der Waals surface area contributed by atoms with E-state index in [-0.39, 0.29) is 0 Å². The van der Waals surface area contributed by atoms with Crippen molar-refractivity contribution >= 4 is 34.9 Å². The number of nitriles is 1. The van der Waals surface area contributed by atoms with Crippen molar-refractivity contribution in [3.63, 3.8) is 0 Å². The predicted octanol–water partition coefficient (Wildman–Crippen LogP) is 4.68. The molecule has 3 rings (SSSR count). The highest BCUT2D eigenvalue weighted by Crippen LogP contribution is 2.43. The topological polar surface area (TPSA) is 90.2 Å². The molecule has 0 saturated carbocycles. The van der Waals surface area contributed by atoms with Crippen molar-refractivity contribution in [2.45, 2.75) is 21.4 Å². The minimum Gasteiger partial charge on any atom is -0.493 e. The second-order valence-corrected chi connectivity index (χ2v) is 8.95. The molecule has 0 radical (unpaired) electrons. The van der Waals surface area contributed by atoms with Crippen molar-refractivity contribution in [3.05, 3.63) is 28.8 Å². The van der Waals surface area contributed by atoms with Crippen LogP contribution in [-0.4, -0.2) is 42.0 Å². The lowest BCUT2D eigenvalue weighted by molar-refractivity contribution is 0.324. The van der Waals surface area contributed by atoms with Gasteiger partial charge in [-0.2, -0.15) is 5.26 Å². The number of terminal acetylenes is 1. The number of aryl methyl sites for hydroxylation is 1. The number of rotatable bonds is 8. The molecule has 0 aliphatic rings. The maximum absolute atomic E-state index is 9.98. The Kier molecular flexibility index (Phi) is 7.64. The number of benzene rings is 1. The van der Waals surface area contributed by atoms with Gasteiger partial charge in [-0.05, 0) is 30.8 Å². The first-order chi connectivity index (χ1) is 15.0. The van der Waals surface area contributed by atoms with Crippen LogP contribution >= 0.6 is 34.9 Å². The zero-order chi connectivity index (χ0) is 22.4. The van der Waals surface area contributed by atoms with Crippen LogP contribution in [0.5, 0.6) is 17.2 Å². The Hall–Kier alpha value is -2.92. The first-order valence-electron chi connectivity index (χ1n) is 8.83. The Labute approximate surface area is 193 Å². The Bertz CT molecular complexity index is 1160. The summed E-state index contributed by atoms with van der Waals surface area (Å²) >= 11 is 4.14. The molecule has 158 valence electrons. The second kappa shape index (κ2) is 10.4. The van der Waals surface area contributed by atoms with E-state index in [4.69, 9.17) is 20.6 Å². The molecule has 3 aromatic rings. The van der Waals surface area contributed by atoms with Crippen molar-refractivity contribution in [1.82, 2.24) is 15.0 Å². The van der Waals surface area contributed by atoms with Gasteiger partial charge in [0.05, 0.1) is 32.8 Å². The van der Waals surface area contributed by atoms with Crippen LogP contribution in [0.3, 0.4) is 0 Å². The van der Waals surface area contributed by atoms with Gasteiger partial charge in [0, 0.05) is 16.6 Å². The van der Waals surface area contributed by atoms with Crippen LogP contribution in [0.1, 0.15) is 11.3 Å². The summed E-state index contributed by atoms with van der Waals surface area (Å²) < 4.78 is 17.1. The molecule has 7 nitrogen and oxygen atoms in total. The summed E-state index contributed by atoms with van der Waals surface area (Å²) in [5.74, 6) is 4.35. The molecule has 0 N–H and O–H groups in total. The Morgan fingerprint density at radius 1 is 1.10 bits per heavy atom. The fourth-order valence-corrected chi connectivity index (χ4v) is 5.06. The number of hydrogen-bond acceptors (Lipinski definition) is 10. The minimum atomic E-state index is 0.331. The zero-order valence-electron chi connectivity index (χ0n) is 17.3. The number of ether oxygens (including phenoxy) is 3. The van der Waals surface area contributed by atoms with Crippen molar-refractivity contribution < 1.29 is 14.2 Å². The van der Waals surface area contributed by atoms with Gasteiger partial charge in [-0.25, -0.2) is 15.0 Å². The third kappa shape index (κ3) is 5.05. The smallest absolute Gasteiger partial charge is 0.203 e. The number of thiazole rings is 1. The molecule has 0 bridgehead atoms. The second-order valence-electron chi connectivity index (χ2n) is 5.91. The average Bonchev–Trinajstić information content (AvgIpc) is 3.20. The van der Waals surface area contributed by atoms with Gasteiger partial charge < -0.3 is 14.2 Å². The first-order valence-corrected chi connectivity index (χ1v) is 11.5. The van der Waals surface area contributed by atoms with Gasteiger partial charge in [0.15, 0.2) is 21.0 Å². The van der Waals surface area contributed by atoms with Crippen LogP contribution in [0.25, 0.3) is 11.3 Å². The largest absolute Gasteiger partial charge is 0.493 e. The summed E-state index contributed by atoms with van der Waals surface area (Å²) in [4.78, 5) is 13.7. The van der Waals surface area contributed by atoms with Crippen LogP contribution in [0.4, 0.5) is 0 Å². The monoisotopic (exact) mass is 470 g/mol. The van der Waals surface area contributed by atoms with E-state index in [2.05, 4.69) is 26.9 Å². The Balaban J connectivity index is 2.22. The summed E-state index contributed by atoms with van der Waals surface area (Å²) in [6.07, 6.45) is 5.41. The molecule has 2 heterocycles. The fourth-order valence-electron chi connectivity index (χ4n) is 2.65. The standard InChI is InChI=1S/C21H18N4O3S3/c1-6-7-29-20-24-17(13-8-15(26-3)18(28-5)16(9-13)27-4)14(10-22)19(25-20)31-21-23-12(2)11-30-21/h1,8-9,11H,7H2,2-5H3. The quantitative estimate of drug-likeness (QED) is 0.201. The van der Waals surface area contributed by atoms with E-state index in [1.54, 1.807) is 12.1 Å². The Morgan fingerprint density at radius 2 is 1.81 bits per heavy atom. The van der Waals surface area contributed by atoms with E-state index in [1.165, 1.54) is 56.2 Å². The lowest BCUT2D eigenvalue weighted by Crippen LogP contribution is -2.01. The molecule has 0 aliphatic carbocycles. The molecule has 0 fully saturated rings. The summed E-state index contributed by atoms with van der Waals surface area (Å²) in [6.45, 7) is 1.92. The molecule has 0 atom stereocenters. The number of thioether (sulfide) groups is 1. The van der Waals surface area contributed by atoms with Crippen LogP contribution < -0.4 is 14.2 Å². The third-order valence-electron chi connectivity index (χ3n) is 3.97. The van der Waals surface area contributed by atoms with E-state index in [0.717, 1.165) is 10.0 Å². The van der Waals surface area contributed by atoms with Crippen LogP contribution in [0, 0.1) is 30.6 Å². The number of hydrogen-bond donors (Lipinski definition) is 0. The molecule has 0 saturated heterocycles. The van der Waals surface area contributed by atoms with E-state index in [1.807, 2.05) is 12.3 Å². The normalized spacial score (nSPS) is 10.3. The first kappa shape index (κ1) is 22.8. The van der Waals surface area contributed by atoms with Gasteiger partial charge in [0.1, 0.15) is 16.7 Å². The van der Waals surface area contributed by atoms with E-state index < -0.39 is 0 Å². The van der Waals surface area contributed by atoms with E-state index >= 15 is 0 Å². The molecule has 0 unspecified atom stereocenters. The molecule has 10 heteroatoms.